The van der Waals surface area contributed by atoms with Crippen LogP contribution in [0.1, 0.15) is 16.7 Å². The number of ether oxygens (including phenoxy) is 3. The number of nitrogens with one attached hydrogen (secondary N) is 1. The van der Waals surface area contributed by atoms with E-state index in [9.17, 15) is 0 Å². The zero-order chi connectivity index (χ0) is 19.6. The molecule has 0 amide bonds. The van der Waals surface area contributed by atoms with E-state index in [1.54, 1.807) is 20.4 Å². The van der Waals surface area contributed by atoms with Crippen LogP contribution in [0.5, 0.6) is 17.2 Å². The fraction of sp³-hybridized carbons (Fsp3) is 0.174. The van der Waals surface area contributed by atoms with Crippen molar-refractivity contribution in [3.8, 4) is 17.2 Å². The van der Waals surface area contributed by atoms with Crippen molar-refractivity contribution >= 4 is 6.21 Å². The topological polar surface area (TPSA) is 52.1 Å². The Bertz CT molecular complexity index is 893. The third-order valence-electron chi connectivity index (χ3n) is 4.17. The lowest BCUT2D eigenvalue weighted by molar-refractivity contribution is 0.284. The second kappa shape index (κ2) is 10.0. The summed E-state index contributed by atoms with van der Waals surface area (Å²) in [6.45, 7) is 1.13. The molecule has 28 heavy (non-hydrogen) atoms. The van der Waals surface area contributed by atoms with Crippen LogP contribution in [0.15, 0.2) is 77.9 Å². The summed E-state index contributed by atoms with van der Waals surface area (Å²) in [6.07, 6.45) is 1.76. The van der Waals surface area contributed by atoms with Crippen molar-refractivity contribution in [1.29, 1.82) is 0 Å². The number of nitrogens with zero attached hydrogens (tertiary/aromatic N) is 1. The highest BCUT2D eigenvalue weighted by Gasteiger charge is 2.06. The molecule has 0 saturated carbocycles. The SMILES string of the molecule is COc1ccc(COc2ccc(C=NNCc3ccccc3)cc2OC)cc1. The summed E-state index contributed by atoms with van der Waals surface area (Å²) in [5.41, 5.74) is 6.20. The Morgan fingerprint density at radius 3 is 2.32 bits per heavy atom. The van der Waals surface area contributed by atoms with Crippen LogP contribution >= 0.6 is 0 Å². The summed E-state index contributed by atoms with van der Waals surface area (Å²) in [7, 11) is 3.28. The van der Waals surface area contributed by atoms with E-state index in [0.29, 0.717) is 24.7 Å². The summed E-state index contributed by atoms with van der Waals surface area (Å²) in [4.78, 5) is 0. The second-order valence-corrected chi connectivity index (χ2v) is 6.13. The minimum absolute atomic E-state index is 0.451. The predicted octanol–water partition coefficient (Wildman–Crippen LogP) is 4.41. The Balaban J connectivity index is 1.57. The number of hydrazone groups is 1. The van der Waals surface area contributed by atoms with E-state index in [1.165, 1.54) is 5.56 Å². The van der Waals surface area contributed by atoms with E-state index in [-0.39, 0.29) is 0 Å². The molecule has 0 spiro atoms. The van der Waals surface area contributed by atoms with Crippen molar-refractivity contribution in [3.63, 3.8) is 0 Å². The van der Waals surface area contributed by atoms with Gasteiger partial charge >= 0.3 is 0 Å². The summed E-state index contributed by atoms with van der Waals surface area (Å²) in [5.74, 6) is 2.18. The summed E-state index contributed by atoms with van der Waals surface area (Å²) in [6, 6.07) is 23.6. The number of benzene rings is 3. The molecule has 0 aliphatic rings. The average Bonchev–Trinajstić information content (AvgIpc) is 2.76. The minimum atomic E-state index is 0.451. The van der Waals surface area contributed by atoms with Crippen LogP contribution in [0, 0.1) is 0 Å². The van der Waals surface area contributed by atoms with Crippen molar-refractivity contribution in [2.75, 3.05) is 14.2 Å². The van der Waals surface area contributed by atoms with Crippen LogP contribution < -0.4 is 19.6 Å². The van der Waals surface area contributed by atoms with Crippen LogP contribution in [-0.2, 0) is 13.2 Å². The highest BCUT2D eigenvalue weighted by molar-refractivity contribution is 5.80. The van der Waals surface area contributed by atoms with E-state index >= 15 is 0 Å². The molecule has 0 fully saturated rings. The number of rotatable bonds is 9. The first-order valence-corrected chi connectivity index (χ1v) is 9.02. The third-order valence-corrected chi connectivity index (χ3v) is 4.17. The summed E-state index contributed by atoms with van der Waals surface area (Å²) < 4.78 is 16.5. The lowest BCUT2D eigenvalue weighted by Gasteiger charge is -2.11. The Labute approximate surface area is 165 Å². The number of hydrogen-bond acceptors (Lipinski definition) is 5. The maximum absolute atomic E-state index is 5.90. The quantitative estimate of drug-likeness (QED) is 0.444. The Morgan fingerprint density at radius 2 is 1.61 bits per heavy atom. The monoisotopic (exact) mass is 376 g/mol. The first-order valence-electron chi connectivity index (χ1n) is 9.02. The van der Waals surface area contributed by atoms with Gasteiger partial charge in [0.15, 0.2) is 11.5 Å². The highest BCUT2D eigenvalue weighted by Crippen LogP contribution is 2.28. The highest BCUT2D eigenvalue weighted by atomic mass is 16.5. The molecule has 3 aromatic carbocycles. The van der Waals surface area contributed by atoms with Gasteiger partial charge in [-0.1, -0.05) is 42.5 Å². The van der Waals surface area contributed by atoms with Gasteiger partial charge in [0.25, 0.3) is 0 Å². The molecule has 0 heterocycles. The maximum Gasteiger partial charge on any atom is 0.161 e. The van der Waals surface area contributed by atoms with Crippen molar-refractivity contribution in [3.05, 3.63) is 89.5 Å². The Kier molecular flexibility index (Phi) is 6.90. The van der Waals surface area contributed by atoms with Crippen LogP contribution in [0.3, 0.4) is 0 Å². The van der Waals surface area contributed by atoms with Gasteiger partial charge in [-0.15, -0.1) is 0 Å². The second-order valence-electron chi connectivity index (χ2n) is 6.13. The average molecular weight is 376 g/mol. The molecule has 0 aliphatic carbocycles. The Hall–Kier alpha value is -3.47. The molecule has 3 aromatic rings. The van der Waals surface area contributed by atoms with Crippen molar-refractivity contribution < 1.29 is 14.2 Å². The van der Waals surface area contributed by atoms with Gasteiger partial charge in [-0.05, 0) is 47.0 Å². The van der Waals surface area contributed by atoms with Crippen LogP contribution in [0.4, 0.5) is 0 Å². The minimum Gasteiger partial charge on any atom is -0.497 e. The molecule has 0 radical (unpaired) electrons. The number of methoxy groups -OCH3 is 2. The zero-order valence-electron chi connectivity index (χ0n) is 16.1. The normalized spacial score (nSPS) is 10.6. The zero-order valence-corrected chi connectivity index (χ0v) is 16.1. The van der Waals surface area contributed by atoms with Crippen LogP contribution in [0.2, 0.25) is 0 Å². The van der Waals surface area contributed by atoms with Gasteiger partial charge < -0.3 is 19.6 Å². The van der Waals surface area contributed by atoms with Crippen LogP contribution in [0.25, 0.3) is 0 Å². The summed E-state index contributed by atoms with van der Waals surface area (Å²) >= 11 is 0. The molecule has 0 saturated heterocycles. The van der Waals surface area contributed by atoms with Gasteiger partial charge in [0.1, 0.15) is 12.4 Å². The van der Waals surface area contributed by atoms with Gasteiger partial charge in [0.2, 0.25) is 0 Å². The maximum atomic E-state index is 5.90. The molecule has 0 unspecified atom stereocenters. The van der Waals surface area contributed by atoms with E-state index in [1.807, 2.05) is 60.7 Å². The van der Waals surface area contributed by atoms with E-state index in [0.717, 1.165) is 16.9 Å². The molecule has 1 N–H and O–H groups in total. The van der Waals surface area contributed by atoms with Crippen molar-refractivity contribution in [2.45, 2.75) is 13.2 Å². The van der Waals surface area contributed by atoms with Gasteiger partial charge in [-0.2, -0.15) is 5.10 Å². The van der Waals surface area contributed by atoms with E-state index in [4.69, 9.17) is 14.2 Å². The molecular weight excluding hydrogens is 352 g/mol. The molecule has 0 aromatic heterocycles. The fourth-order valence-electron chi connectivity index (χ4n) is 2.62. The number of hydrogen-bond donors (Lipinski definition) is 1. The first kappa shape index (κ1) is 19.3. The summed E-state index contributed by atoms with van der Waals surface area (Å²) in [5, 5.41) is 4.27. The fourth-order valence-corrected chi connectivity index (χ4v) is 2.62. The lowest BCUT2D eigenvalue weighted by Crippen LogP contribution is -2.05. The van der Waals surface area contributed by atoms with Gasteiger partial charge in [-0.3, -0.25) is 0 Å². The molecule has 144 valence electrons. The van der Waals surface area contributed by atoms with Gasteiger partial charge in [0.05, 0.1) is 27.0 Å². The van der Waals surface area contributed by atoms with E-state index in [2.05, 4.69) is 22.7 Å². The van der Waals surface area contributed by atoms with Crippen molar-refractivity contribution in [2.24, 2.45) is 5.10 Å². The molecule has 0 bridgehead atoms. The Morgan fingerprint density at radius 1 is 0.821 bits per heavy atom. The van der Waals surface area contributed by atoms with E-state index < -0.39 is 0 Å². The van der Waals surface area contributed by atoms with Gasteiger partial charge in [0, 0.05) is 0 Å². The van der Waals surface area contributed by atoms with Crippen LogP contribution in [-0.4, -0.2) is 20.4 Å². The molecule has 5 nitrogen and oxygen atoms in total. The molecular formula is C23H24N2O3. The van der Waals surface area contributed by atoms with Gasteiger partial charge in [-0.25, -0.2) is 0 Å². The van der Waals surface area contributed by atoms with Crippen molar-refractivity contribution in [1.82, 2.24) is 5.43 Å². The molecule has 0 atom stereocenters. The predicted molar refractivity (Wildman–Crippen MR) is 111 cm³/mol. The standard InChI is InChI=1S/C23H24N2O3/c1-26-21-11-8-19(9-12-21)17-28-22-13-10-20(14-23(22)27-2)16-25-24-15-18-6-4-3-5-7-18/h3-14,16,24H,15,17H2,1-2H3. The molecule has 0 aliphatic heterocycles. The first-order chi connectivity index (χ1) is 13.8. The lowest BCUT2D eigenvalue weighted by atomic mass is 10.2. The molecule has 3 rings (SSSR count). The molecule has 5 heteroatoms. The largest absolute Gasteiger partial charge is 0.497 e. The third kappa shape index (κ3) is 5.51. The smallest absolute Gasteiger partial charge is 0.161 e.